The fraction of sp³-hybridized carbons (Fsp3) is 0. The second-order valence-electron chi connectivity index (χ2n) is 4.03. The largest absolute Gasteiger partial charge is 0.330 e. The number of hydrogen-bond donors (Lipinski definition) is 1. The molecular formula is C13H7ClF2N2S. The summed E-state index contributed by atoms with van der Waals surface area (Å²) in [5.74, 6) is -0.934. The summed E-state index contributed by atoms with van der Waals surface area (Å²) < 4.78 is 28.8. The maximum absolute atomic E-state index is 13.6. The number of aromatic amines is 1. The van der Waals surface area contributed by atoms with Crippen molar-refractivity contribution in [2.45, 2.75) is 0 Å². The van der Waals surface area contributed by atoms with Gasteiger partial charge in [0.15, 0.2) is 4.77 Å². The van der Waals surface area contributed by atoms with Gasteiger partial charge in [-0.2, -0.15) is 0 Å². The van der Waals surface area contributed by atoms with Crippen LogP contribution in [0, 0.1) is 16.4 Å². The fourth-order valence-corrected chi connectivity index (χ4v) is 2.45. The maximum Gasteiger partial charge on any atom is 0.182 e. The van der Waals surface area contributed by atoms with Crippen LogP contribution in [0.25, 0.3) is 16.7 Å². The molecule has 0 amide bonds. The van der Waals surface area contributed by atoms with Crippen molar-refractivity contribution in [1.82, 2.24) is 9.55 Å². The molecule has 0 aliphatic carbocycles. The normalized spacial score (nSPS) is 11.1. The van der Waals surface area contributed by atoms with E-state index in [-0.39, 0.29) is 10.8 Å². The molecule has 96 valence electrons. The Morgan fingerprint density at radius 2 is 1.95 bits per heavy atom. The number of aromatic nitrogens is 2. The highest BCUT2D eigenvalue weighted by atomic mass is 35.5. The van der Waals surface area contributed by atoms with Gasteiger partial charge in [0.1, 0.15) is 11.6 Å². The smallest absolute Gasteiger partial charge is 0.182 e. The highest BCUT2D eigenvalue weighted by Gasteiger charge is 2.10. The van der Waals surface area contributed by atoms with Crippen molar-refractivity contribution in [2.24, 2.45) is 0 Å². The molecule has 0 saturated heterocycles. The molecule has 3 aromatic rings. The maximum atomic E-state index is 13.6. The summed E-state index contributed by atoms with van der Waals surface area (Å²) in [6.45, 7) is 0. The predicted molar refractivity (Wildman–Crippen MR) is 73.4 cm³/mol. The Hall–Kier alpha value is -1.72. The van der Waals surface area contributed by atoms with E-state index in [2.05, 4.69) is 4.98 Å². The molecule has 0 radical (unpaired) electrons. The Labute approximate surface area is 117 Å². The minimum Gasteiger partial charge on any atom is -0.330 e. The SMILES string of the molecule is Fc1cccc(-n2c(=S)[nH]c3cc(Cl)c(F)cc32)c1. The van der Waals surface area contributed by atoms with Crippen LogP contribution in [0.15, 0.2) is 36.4 Å². The number of hydrogen-bond acceptors (Lipinski definition) is 1. The van der Waals surface area contributed by atoms with E-state index in [9.17, 15) is 8.78 Å². The van der Waals surface area contributed by atoms with Crippen LogP contribution in [-0.4, -0.2) is 9.55 Å². The molecule has 0 aliphatic rings. The molecule has 3 rings (SSSR count). The third-order valence-electron chi connectivity index (χ3n) is 2.79. The van der Waals surface area contributed by atoms with Gasteiger partial charge in [-0.15, -0.1) is 0 Å². The molecule has 1 heterocycles. The van der Waals surface area contributed by atoms with E-state index < -0.39 is 5.82 Å². The molecule has 1 aromatic heterocycles. The summed E-state index contributed by atoms with van der Waals surface area (Å²) in [5.41, 5.74) is 1.64. The number of rotatable bonds is 1. The molecule has 2 nitrogen and oxygen atoms in total. The van der Waals surface area contributed by atoms with Crippen LogP contribution >= 0.6 is 23.8 Å². The first-order valence-corrected chi connectivity index (χ1v) is 6.20. The zero-order valence-corrected chi connectivity index (χ0v) is 11.0. The number of halogens is 3. The minimum absolute atomic E-state index is 0.00939. The van der Waals surface area contributed by atoms with Gasteiger partial charge >= 0.3 is 0 Å². The second kappa shape index (κ2) is 4.43. The highest BCUT2D eigenvalue weighted by Crippen LogP contribution is 2.25. The van der Waals surface area contributed by atoms with Gasteiger partial charge in [-0.05, 0) is 36.5 Å². The average Bonchev–Trinajstić information content (AvgIpc) is 2.65. The molecule has 0 unspecified atom stereocenters. The van der Waals surface area contributed by atoms with E-state index in [4.69, 9.17) is 23.8 Å². The van der Waals surface area contributed by atoms with E-state index in [1.807, 2.05) is 0 Å². The van der Waals surface area contributed by atoms with Crippen molar-refractivity contribution in [3.05, 3.63) is 57.8 Å². The lowest BCUT2D eigenvalue weighted by molar-refractivity contribution is 0.626. The average molecular weight is 297 g/mol. The summed E-state index contributed by atoms with van der Waals surface area (Å²) in [4.78, 5) is 2.92. The van der Waals surface area contributed by atoms with Crippen LogP contribution in [0.2, 0.25) is 5.02 Å². The van der Waals surface area contributed by atoms with Crippen LogP contribution < -0.4 is 0 Å². The van der Waals surface area contributed by atoms with Crippen molar-refractivity contribution in [1.29, 1.82) is 0 Å². The summed E-state index contributed by atoms with van der Waals surface area (Å²) in [5, 5.41) is 0.00939. The Balaban J connectivity index is 2.38. The van der Waals surface area contributed by atoms with Crippen LogP contribution in [0.5, 0.6) is 0 Å². The third kappa shape index (κ3) is 2.05. The third-order valence-corrected chi connectivity index (χ3v) is 3.36. The van der Waals surface area contributed by atoms with Gasteiger partial charge in [0.05, 0.1) is 21.7 Å². The van der Waals surface area contributed by atoms with Gasteiger partial charge < -0.3 is 4.98 Å². The number of nitrogens with one attached hydrogen (secondary N) is 1. The highest BCUT2D eigenvalue weighted by molar-refractivity contribution is 7.71. The molecule has 2 aromatic carbocycles. The molecule has 0 spiro atoms. The van der Waals surface area contributed by atoms with Gasteiger partial charge in [0.25, 0.3) is 0 Å². The summed E-state index contributed by atoms with van der Waals surface area (Å²) in [7, 11) is 0. The van der Waals surface area contributed by atoms with Gasteiger partial charge in [-0.3, -0.25) is 4.57 Å². The van der Waals surface area contributed by atoms with Crippen molar-refractivity contribution in [2.75, 3.05) is 0 Å². The van der Waals surface area contributed by atoms with E-state index in [0.29, 0.717) is 21.5 Å². The fourth-order valence-electron chi connectivity index (χ4n) is 1.97. The number of H-pyrrole nitrogens is 1. The number of benzene rings is 2. The first-order chi connectivity index (χ1) is 9.06. The minimum atomic E-state index is -0.548. The Morgan fingerprint density at radius 3 is 2.68 bits per heavy atom. The molecular weight excluding hydrogens is 290 g/mol. The zero-order valence-electron chi connectivity index (χ0n) is 9.45. The van der Waals surface area contributed by atoms with E-state index >= 15 is 0 Å². The van der Waals surface area contributed by atoms with Crippen molar-refractivity contribution < 1.29 is 8.78 Å². The molecule has 0 atom stereocenters. The molecule has 1 N–H and O–H groups in total. The Kier molecular flexibility index (Phi) is 2.88. The monoisotopic (exact) mass is 296 g/mol. The van der Waals surface area contributed by atoms with Crippen LogP contribution in [-0.2, 0) is 0 Å². The quantitative estimate of drug-likeness (QED) is 0.650. The van der Waals surface area contributed by atoms with Gasteiger partial charge in [0.2, 0.25) is 0 Å². The van der Waals surface area contributed by atoms with Crippen molar-refractivity contribution >= 4 is 34.9 Å². The summed E-state index contributed by atoms with van der Waals surface area (Å²) in [6.07, 6.45) is 0. The summed E-state index contributed by atoms with van der Waals surface area (Å²) >= 11 is 10.9. The van der Waals surface area contributed by atoms with E-state index in [1.165, 1.54) is 24.3 Å². The van der Waals surface area contributed by atoms with Crippen LogP contribution in [0.1, 0.15) is 0 Å². The van der Waals surface area contributed by atoms with Crippen molar-refractivity contribution in [3.63, 3.8) is 0 Å². The molecule has 0 saturated carbocycles. The number of fused-ring (bicyclic) bond motifs is 1. The predicted octanol–water partition coefficient (Wildman–Crippen LogP) is 4.62. The van der Waals surface area contributed by atoms with Gasteiger partial charge in [-0.25, -0.2) is 8.78 Å². The molecule has 6 heteroatoms. The first-order valence-electron chi connectivity index (χ1n) is 5.42. The molecule has 0 fully saturated rings. The molecule has 0 bridgehead atoms. The van der Waals surface area contributed by atoms with Crippen LogP contribution in [0.3, 0.4) is 0 Å². The Bertz CT molecular complexity index is 838. The lowest BCUT2D eigenvalue weighted by atomic mass is 10.2. The van der Waals surface area contributed by atoms with Gasteiger partial charge in [-0.1, -0.05) is 17.7 Å². The lowest BCUT2D eigenvalue weighted by Crippen LogP contribution is -1.94. The Morgan fingerprint density at radius 1 is 1.16 bits per heavy atom. The summed E-state index contributed by atoms with van der Waals surface area (Å²) in [6, 6.07) is 8.65. The first kappa shape index (κ1) is 12.3. The molecule has 19 heavy (non-hydrogen) atoms. The molecule has 0 aliphatic heterocycles. The van der Waals surface area contributed by atoms with E-state index in [1.54, 1.807) is 16.7 Å². The zero-order chi connectivity index (χ0) is 13.6. The van der Waals surface area contributed by atoms with Crippen LogP contribution in [0.4, 0.5) is 8.78 Å². The standard InChI is InChI=1S/C13H7ClF2N2S/c14-9-5-11-12(6-10(9)16)18(13(19)17-11)8-3-1-2-7(15)4-8/h1-6H,(H,17,19). The number of imidazole rings is 1. The second-order valence-corrected chi connectivity index (χ2v) is 4.82. The van der Waals surface area contributed by atoms with E-state index in [0.717, 1.165) is 0 Å². The number of nitrogens with zero attached hydrogens (tertiary/aromatic N) is 1. The topological polar surface area (TPSA) is 20.7 Å². The van der Waals surface area contributed by atoms with Crippen molar-refractivity contribution in [3.8, 4) is 5.69 Å². The lowest BCUT2D eigenvalue weighted by Gasteiger charge is -2.05. The van der Waals surface area contributed by atoms with Gasteiger partial charge in [0, 0.05) is 6.07 Å².